The fourth-order valence-electron chi connectivity index (χ4n) is 3.98. The highest BCUT2D eigenvalue weighted by Gasteiger charge is 2.16. The van der Waals surface area contributed by atoms with Gasteiger partial charge in [-0.25, -0.2) is 0 Å². The van der Waals surface area contributed by atoms with Crippen LogP contribution in [0.1, 0.15) is 29.6 Å². The van der Waals surface area contributed by atoms with Crippen LogP contribution in [0.2, 0.25) is 0 Å². The van der Waals surface area contributed by atoms with Gasteiger partial charge >= 0.3 is 0 Å². The maximum absolute atomic E-state index is 12.8. The minimum atomic E-state index is 0.0185. The maximum atomic E-state index is 12.8. The largest absolute Gasteiger partial charge is 0.309 e. The lowest BCUT2D eigenvalue weighted by Crippen LogP contribution is -2.35. The Kier molecular flexibility index (Phi) is 5.78. The predicted molar refractivity (Wildman–Crippen MR) is 115 cm³/mol. The van der Waals surface area contributed by atoms with E-state index in [-0.39, 0.29) is 12.3 Å². The number of hydrogen-bond acceptors (Lipinski definition) is 3. The molecule has 1 aliphatic rings. The van der Waals surface area contributed by atoms with E-state index in [9.17, 15) is 4.79 Å². The number of ketones is 1. The minimum Gasteiger partial charge on any atom is -0.309 e. The zero-order valence-corrected chi connectivity index (χ0v) is 17.5. The average molecular weight is 441 g/mol. The molecule has 1 saturated heterocycles. The van der Waals surface area contributed by atoms with Crippen molar-refractivity contribution in [2.75, 3.05) is 19.6 Å². The highest BCUT2D eigenvalue weighted by atomic mass is 79.9. The van der Waals surface area contributed by atoms with E-state index in [1.54, 1.807) is 0 Å². The number of rotatable bonds is 6. The van der Waals surface area contributed by atoms with Crippen LogP contribution < -0.4 is 5.62 Å². The van der Waals surface area contributed by atoms with E-state index in [0.717, 1.165) is 41.7 Å². The molecule has 0 unspecified atom stereocenters. The molecule has 146 valence electrons. The number of aromatic nitrogens is 2. The number of piperidine rings is 1. The van der Waals surface area contributed by atoms with E-state index >= 15 is 0 Å². The number of hydrogen-bond donors (Lipinski definition) is 1. The van der Waals surface area contributed by atoms with Gasteiger partial charge in [-0.15, -0.1) is 0 Å². The molecule has 0 bridgehead atoms. The summed E-state index contributed by atoms with van der Waals surface area (Å²) in [5.41, 5.74) is 3.02. The number of para-hydroxylation sites is 2. The molecule has 5 nitrogen and oxygen atoms in total. The van der Waals surface area contributed by atoms with Crippen LogP contribution in [0.25, 0.3) is 11.0 Å². The smallest absolute Gasteiger partial charge is 0.203 e. The van der Waals surface area contributed by atoms with Crippen molar-refractivity contribution in [2.45, 2.75) is 32.4 Å². The van der Waals surface area contributed by atoms with Gasteiger partial charge in [0.05, 0.1) is 17.6 Å². The molecule has 0 amide bonds. The molecule has 0 saturated carbocycles. The summed E-state index contributed by atoms with van der Waals surface area (Å²) >= 11 is 3.41. The number of nitrogens with one attached hydrogen (secondary N) is 1. The van der Waals surface area contributed by atoms with Crippen molar-refractivity contribution < 1.29 is 4.79 Å². The number of carbonyl (C=O) groups is 1. The van der Waals surface area contributed by atoms with Crippen LogP contribution in [0, 0.1) is 5.41 Å². The molecule has 3 aromatic rings. The third-order valence-electron chi connectivity index (χ3n) is 5.53. The molecular formula is C22H25BrN4O. The van der Waals surface area contributed by atoms with Gasteiger partial charge in [0.2, 0.25) is 5.62 Å². The highest BCUT2D eigenvalue weighted by Crippen LogP contribution is 2.16. The Morgan fingerprint density at radius 1 is 0.893 bits per heavy atom. The van der Waals surface area contributed by atoms with E-state index in [1.165, 1.54) is 19.3 Å². The second kappa shape index (κ2) is 8.45. The zero-order chi connectivity index (χ0) is 19.5. The van der Waals surface area contributed by atoms with Crippen LogP contribution in [0.3, 0.4) is 0 Å². The number of imidazole rings is 1. The van der Waals surface area contributed by atoms with Gasteiger partial charge in [-0.3, -0.25) is 10.2 Å². The lowest BCUT2D eigenvalue weighted by Gasteiger charge is -2.26. The van der Waals surface area contributed by atoms with E-state index < -0.39 is 0 Å². The predicted octanol–water partition coefficient (Wildman–Crippen LogP) is 4.05. The second-order valence-corrected chi connectivity index (χ2v) is 8.30. The van der Waals surface area contributed by atoms with Crippen LogP contribution in [0.15, 0.2) is 53.0 Å². The molecule has 2 heterocycles. The topological polar surface area (TPSA) is 54.0 Å². The Hall–Kier alpha value is -2.18. The first-order valence-electron chi connectivity index (χ1n) is 9.87. The summed E-state index contributed by atoms with van der Waals surface area (Å²) in [4.78, 5) is 15.3. The van der Waals surface area contributed by atoms with E-state index in [0.29, 0.717) is 11.2 Å². The van der Waals surface area contributed by atoms with Crippen molar-refractivity contribution in [3.05, 3.63) is 64.2 Å². The van der Waals surface area contributed by atoms with Gasteiger partial charge in [0.25, 0.3) is 0 Å². The first kappa shape index (κ1) is 19.2. The Labute approximate surface area is 173 Å². The Bertz CT molecular complexity index is 1030. The third-order valence-corrected chi connectivity index (χ3v) is 6.06. The van der Waals surface area contributed by atoms with Crippen LogP contribution in [-0.2, 0) is 13.1 Å². The third kappa shape index (κ3) is 3.98. The first-order valence-corrected chi connectivity index (χ1v) is 10.7. The van der Waals surface area contributed by atoms with Gasteiger partial charge in [0, 0.05) is 23.1 Å². The highest BCUT2D eigenvalue weighted by molar-refractivity contribution is 9.10. The number of nitrogens with zero attached hydrogens (tertiary/aromatic N) is 3. The molecule has 0 atom stereocenters. The number of carbonyl (C=O) groups excluding carboxylic acids is 1. The molecule has 0 radical (unpaired) electrons. The molecule has 0 aliphatic carbocycles. The summed E-state index contributed by atoms with van der Waals surface area (Å²) in [6.45, 7) is 4.20. The number of likely N-dealkylation sites (tertiary alicyclic amines) is 1. The quantitative estimate of drug-likeness (QED) is 0.587. The van der Waals surface area contributed by atoms with Crippen molar-refractivity contribution >= 4 is 32.7 Å². The van der Waals surface area contributed by atoms with E-state index in [2.05, 4.69) is 20.8 Å². The molecule has 2 aromatic carbocycles. The number of Topliss-reactive ketones (excluding diaryl/α,β-unsaturated/α-hetero) is 1. The molecular weight excluding hydrogens is 416 g/mol. The molecule has 0 spiro atoms. The average Bonchev–Trinajstić information content (AvgIpc) is 2.99. The second-order valence-electron chi connectivity index (χ2n) is 7.38. The summed E-state index contributed by atoms with van der Waals surface area (Å²) in [5, 5.41) is 8.73. The van der Waals surface area contributed by atoms with Crippen molar-refractivity contribution in [3.63, 3.8) is 0 Å². The molecule has 1 fully saturated rings. The Morgan fingerprint density at radius 2 is 1.54 bits per heavy atom. The number of benzene rings is 2. The summed E-state index contributed by atoms with van der Waals surface area (Å²) in [6, 6.07) is 15.4. The van der Waals surface area contributed by atoms with E-state index in [4.69, 9.17) is 5.41 Å². The molecule has 6 heteroatoms. The summed E-state index contributed by atoms with van der Waals surface area (Å²) in [7, 11) is 0. The van der Waals surface area contributed by atoms with Crippen molar-refractivity contribution in [2.24, 2.45) is 0 Å². The lowest BCUT2D eigenvalue weighted by molar-refractivity contribution is 0.0971. The van der Waals surface area contributed by atoms with Crippen molar-refractivity contribution in [1.29, 1.82) is 5.41 Å². The summed E-state index contributed by atoms with van der Waals surface area (Å²) in [6.07, 6.45) is 3.86. The number of fused-ring (bicyclic) bond motifs is 1. The SMILES string of the molecule is N=c1n(CCN2CCCCC2)c2ccccc2n1CC(=O)c1ccc(Br)cc1. The normalized spacial score (nSPS) is 15.2. The van der Waals surface area contributed by atoms with Gasteiger partial charge in [0.15, 0.2) is 5.78 Å². The van der Waals surface area contributed by atoms with Crippen molar-refractivity contribution in [1.82, 2.24) is 14.0 Å². The monoisotopic (exact) mass is 440 g/mol. The van der Waals surface area contributed by atoms with Gasteiger partial charge < -0.3 is 14.0 Å². The lowest BCUT2D eigenvalue weighted by atomic mass is 10.1. The standard InChI is InChI=1S/C22H25BrN4O/c23-18-10-8-17(9-11-18)21(28)16-27-20-7-3-2-6-19(20)26(22(27)24)15-14-25-12-4-1-5-13-25/h2-3,6-11,24H,1,4-5,12-16H2. The summed E-state index contributed by atoms with van der Waals surface area (Å²) < 4.78 is 4.82. The van der Waals surface area contributed by atoms with Crippen molar-refractivity contribution in [3.8, 4) is 0 Å². The molecule has 1 N–H and O–H groups in total. The summed E-state index contributed by atoms with van der Waals surface area (Å²) in [5.74, 6) is 0.0185. The van der Waals surface area contributed by atoms with Gasteiger partial charge in [0.1, 0.15) is 0 Å². The fraction of sp³-hybridized carbons (Fsp3) is 0.364. The molecule has 1 aliphatic heterocycles. The Balaban J connectivity index is 1.61. The van der Waals surface area contributed by atoms with E-state index in [1.807, 2.05) is 57.7 Å². The van der Waals surface area contributed by atoms with Crippen LogP contribution >= 0.6 is 15.9 Å². The molecule has 28 heavy (non-hydrogen) atoms. The van der Waals surface area contributed by atoms with Crippen LogP contribution in [0.5, 0.6) is 0 Å². The van der Waals surface area contributed by atoms with Crippen LogP contribution in [0.4, 0.5) is 0 Å². The van der Waals surface area contributed by atoms with Gasteiger partial charge in [-0.05, 0) is 50.2 Å². The van der Waals surface area contributed by atoms with Crippen LogP contribution in [-0.4, -0.2) is 39.5 Å². The first-order chi connectivity index (χ1) is 13.6. The number of halogens is 1. The molecule has 1 aromatic heterocycles. The van der Waals surface area contributed by atoms with Gasteiger partial charge in [-0.1, -0.05) is 46.6 Å². The Morgan fingerprint density at radius 3 is 2.21 bits per heavy atom. The minimum absolute atomic E-state index is 0.0185. The maximum Gasteiger partial charge on any atom is 0.203 e. The zero-order valence-electron chi connectivity index (χ0n) is 15.9. The van der Waals surface area contributed by atoms with Gasteiger partial charge in [-0.2, -0.15) is 0 Å². The molecule has 4 rings (SSSR count). The fourth-order valence-corrected chi connectivity index (χ4v) is 4.24.